The first-order valence-corrected chi connectivity index (χ1v) is 7.44. The molecule has 5 heteroatoms. The maximum Gasteiger partial charge on any atom is 0.328 e. The summed E-state index contributed by atoms with van der Waals surface area (Å²) in [4.78, 5) is 18.1. The van der Waals surface area contributed by atoms with E-state index < -0.39 is 0 Å². The zero-order chi connectivity index (χ0) is 16.8. The van der Waals surface area contributed by atoms with Gasteiger partial charge in [0.1, 0.15) is 0 Å². The Balaban J connectivity index is 2.03. The first-order valence-electron chi connectivity index (χ1n) is 7.44. The maximum atomic E-state index is 12.3. The molecule has 0 bridgehead atoms. The third kappa shape index (κ3) is 4.32. The molecule has 0 spiro atoms. The number of anilines is 1. The van der Waals surface area contributed by atoms with Crippen LogP contribution >= 0.6 is 0 Å². The molecule has 23 heavy (non-hydrogen) atoms. The van der Waals surface area contributed by atoms with Crippen LogP contribution in [-0.4, -0.2) is 19.0 Å². The number of carbonyl (C=O) groups excluding carboxylic acids is 1. The molecule has 2 rings (SSSR count). The smallest absolute Gasteiger partial charge is 0.328 e. The summed E-state index contributed by atoms with van der Waals surface area (Å²) in [6.07, 6.45) is 0. The molecule has 5 nitrogen and oxygen atoms in total. The number of benzene rings is 2. The van der Waals surface area contributed by atoms with Gasteiger partial charge in [-0.25, -0.2) is 9.79 Å². The Bertz CT molecular complexity index is 690. The predicted molar refractivity (Wildman–Crippen MR) is 94.6 cm³/mol. The molecule has 0 saturated heterocycles. The highest BCUT2D eigenvalue weighted by Gasteiger charge is 2.15. The Labute approximate surface area is 136 Å². The van der Waals surface area contributed by atoms with Gasteiger partial charge < -0.3 is 5.73 Å². The molecule has 3 N–H and O–H groups in total. The largest absolute Gasteiger partial charge is 0.370 e. The molecule has 0 radical (unpaired) electrons. The second-order valence-electron chi connectivity index (χ2n) is 5.42. The lowest BCUT2D eigenvalue weighted by Crippen LogP contribution is -2.44. The Morgan fingerprint density at radius 1 is 1.09 bits per heavy atom. The number of nitrogens with one attached hydrogen (secondary N) is 1. The predicted octanol–water partition coefficient (Wildman–Crippen LogP) is 2.96. The summed E-state index contributed by atoms with van der Waals surface area (Å²) in [5.41, 5.74) is 9.78. The van der Waals surface area contributed by atoms with Gasteiger partial charge in [-0.15, -0.1) is 0 Å². The lowest BCUT2D eigenvalue weighted by molar-refractivity contribution is 0.251. The topological polar surface area (TPSA) is 70.7 Å². The molecule has 0 aliphatic rings. The zero-order valence-corrected chi connectivity index (χ0v) is 13.7. The number of aryl methyl sites for hydroxylation is 2. The van der Waals surface area contributed by atoms with Crippen LogP contribution in [0.3, 0.4) is 0 Å². The molecule has 0 atom stereocenters. The minimum Gasteiger partial charge on any atom is -0.370 e. The van der Waals surface area contributed by atoms with Crippen LogP contribution in [0.15, 0.2) is 53.5 Å². The monoisotopic (exact) mass is 310 g/mol. The minimum absolute atomic E-state index is 0.108. The van der Waals surface area contributed by atoms with Crippen LogP contribution in [0.1, 0.15) is 16.7 Å². The molecule has 2 amide bonds. The van der Waals surface area contributed by atoms with Crippen molar-refractivity contribution in [1.29, 1.82) is 0 Å². The summed E-state index contributed by atoms with van der Waals surface area (Å²) in [6.45, 7) is 4.37. The van der Waals surface area contributed by atoms with E-state index in [1.54, 1.807) is 11.9 Å². The first kappa shape index (κ1) is 16.5. The van der Waals surface area contributed by atoms with Crippen molar-refractivity contribution in [1.82, 2.24) is 5.32 Å². The Kier molecular flexibility index (Phi) is 5.36. The first-order chi connectivity index (χ1) is 11.0. The van der Waals surface area contributed by atoms with Crippen molar-refractivity contribution in [3.63, 3.8) is 0 Å². The zero-order valence-electron chi connectivity index (χ0n) is 13.7. The van der Waals surface area contributed by atoms with Crippen LogP contribution in [0.5, 0.6) is 0 Å². The summed E-state index contributed by atoms with van der Waals surface area (Å²) < 4.78 is 0. The highest BCUT2D eigenvalue weighted by Crippen LogP contribution is 2.23. The van der Waals surface area contributed by atoms with E-state index in [4.69, 9.17) is 5.73 Å². The van der Waals surface area contributed by atoms with Crippen LogP contribution in [0.2, 0.25) is 0 Å². The summed E-state index contributed by atoms with van der Waals surface area (Å²) in [7, 11) is 1.72. The van der Waals surface area contributed by atoms with Gasteiger partial charge in [-0.05, 0) is 30.5 Å². The Morgan fingerprint density at radius 3 is 2.30 bits per heavy atom. The molecule has 0 aliphatic heterocycles. The molecule has 0 fully saturated rings. The third-order valence-electron chi connectivity index (χ3n) is 3.59. The third-order valence-corrected chi connectivity index (χ3v) is 3.59. The lowest BCUT2D eigenvalue weighted by atomic mass is 10.1. The average molecular weight is 310 g/mol. The van der Waals surface area contributed by atoms with E-state index in [2.05, 4.69) is 10.3 Å². The molecule has 0 saturated carbocycles. The number of urea groups is 1. The second-order valence-corrected chi connectivity index (χ2v) is 5.42. The SMILES string of the molecule is Cc1cccc(C)c1N(C)C(=O)NC(N)=NCc1ccccc1. The van der Waals surface area contributed by atoms with Gasteiger partial charge in [0, 0.05) is 7.05 Å². The highest BCUT2D eigenvalue weighted by molar-refractivity contribution is 6.03. The van der Waals surface area contributed by atoms with E-state index in [-0.39, 0.29) is 12.0 Å². The number of hydrogen-bond acceptors (Lipinski definition) is 2. The van der Waals surface area contributed by atoms with Gasteiger partial charge in [-0.3, -0.25) is 10.2 Å². The van der Waals surface area contributed by atoms with Gasteiger partial charge in [0.05, 0.1) is 12.2 Å². The van der Waals surface area contributed by atoms with Gasteiger partial charge in [0.25, 0.3) is 0 Å². The normalized spacial score (nSPS) is 11.2. The quantitative estimate of drug-likeness (QED) is 0.676. The van der Waals surface area contributed by atoms with Crippen LogP contribution in [-0.2, 0) is 6.54 Å². The van der Waals surface area contributed by atoms with Gasteiger partial charge in [0.2, 0.25) is 0 Å². The summed E-state index contributed by atoms with van der Waals surface area (Å²) >= 11 is 0. The molecule has 2 aromatic rings. The molecule has 120 valence electrons. The molecular weight excluding hydrogens is 288 g/mol. The maximum absolute atomic E-state index is 12.3. The number of hydrogen-bond donors (Lipinski definition) is 2. The van der Waals surface area contributed by atoms with Crippen LogP contribution in [0, 0.1) is 13.8 Å². The second kappa shape index (κ2) is 7.45. The fraction of sp³-hybridized carbons (Fsp3) is 0.222. The van der Waals surface area contributed by atoms with Crippen LogP contribution < -0.4 is 16.0 Å². The standard InChI is InChI=1S/C18H22N4O/c1-13-8-7-9-14(2)16(13)22(3)18(23)21-17(19)20-12-15-10-5-4-6-11-15/h4-11H,12H2,1-3H3,(H3,19,20,21,23). The van der Waals surface area contributed by atoms with E-state index in [1.807, 2.05) is 62.4 Å². The van der Waals surface area contributed by atoms with Gasteiger partial charge in [0.15, 0.2) is 5.96 Å². The lowest BCUT2D eigenvalue weighted by Gasteiger charge is -2.22. The summed E-state index contributed by atoms with van der Waals surface area (Å²) in [5, 5.41) is 2.62. The summed E-state index contributed by atoms with van der Waals surface area (Å²) in [6, 6.07) is 15.3. The van der Waals surface area contributed by atoms with E-state index in [0.29, 0.717) is 6.54 Å². The van der Waals surface area contributed by atoms with Crippen molar-refractivity contribution in [2.24, 2.45) is 10.7 Å². The molecule has 2 aromatic carbocycles. The Morgan fingerprint density at radius 2 is 1.70 bits per heavy atom. The van der Waals surface area contributed by atoms with Gasteiger partial charge in [-0.2, -0.15) is 0 Å². The number of carbonyl (C=O) groups is 1. The number of guanidine groups is 1. The number of rotatable bonds is 3. The van der Waals surface area contributed by atoms with E-state index >= 15 is 0 Å². The summed E-state index contributed by atoms with van der Waals surface area (Å²) in [5.74, 6) is 0.108. The fourth-order valence-corrected chi connectivity index (χ4v) is 2.43. The number of nitrogens with zero attached hydrogens (tertiary/aromatic N) is 2. The number of amides is 2. The molecule has 0 heterocycles. The van der Waals surface area contributed by atoms with Crippen molar-refractivity contribution in [3.8, 4) is 0 Å². The van der Waals surface area contributed by atoms with Crippen LogP contribution in [0.25, 0.3) is 0 Å². The van der Waals surface area contributed by atoms with Crippen molar-refractivity contribution in [2.75, 3.05) is 11.9 Å². The van der Waals surface area contributed by atoms with Crippen molar-refractivity contribution >= 4 is 17.7 Å². The fourth-order valence-electron chi connectivity index (χ4n) is 2.43. The van der Waals surface area contributed by atoms with E-state index in [9.17, 15) is 4.79 Å². The Hall–Kier alpha value is -2.82. The van der Waals surface area contributed by atoms with Crippen molar-refractivity contribution < 1.29 is 4.79 Å². The average Bonchev–Trinajstić information content (AvgIpc) is 2.53. The number of aliphatic imine (C=N–C) groups is 1. The van der Waals surface area contributed by atoms with Crippen molar-refractivity contribution in [3.05, 3.63) is 65.2 Å². The highest BCUT2D eigenvalue weighted by atomic mass is 16.2. The molecule has 0 aliphatic carbocycles. The minimum atomic E-state index is -0.309. The van der Waals surface area contributed by atoms with Crippen molar-refractivity contribution in [2.45, 2.75) is 20.4 Å². The number of para-hydroxylation sites is 1. The van der Waals surface area contributed by atoms with E-state index in [0.717, 1.165) is 22.4 Å². The van der Waals surface area contributed by atoms with Gasteiger partial charge in [-0.1, -0.05) is 48.5 Å². The van der Waals surface area contributed by atoms with E-state index in [1.165, 1.54) is 0 Å². The van der Waals surface area contributed by atoms with Gasteiger partial charge >= 0.3 is 6.03 Å². The molecule has 0 unspecified atom stereocenters. The molecule has 0 aromatic heterocycles. The number of nitrogens with two attached hydrogens (primary N) is 1. The van der Waals surface area contributed by atoms with Crippen LogP contribution in [0.4, 0.5) is 10.5 Å². The molecular formula is C18H22N4O.